The maximum Gasteiger partial charge on any atom is 0.175 e. The molecule has 0 heterocycles. The molecule has 1 aliphatic rings. The highest BCUT2D eigenvalue weighted by Crippen LogP contribution is 2.40. The van der Waals surface area contributed by atoms with Gasteiger partial charge in [-0.25, -0.2) is 0 Å². The third kappa shape index (κ3) is 2.54. The van der Waals surface area contributed by atoms with Gasteiger partial charge in [-0.05, 0) is 28.1 Å². The lowest BCUT2D eigenvalue weighted by Crippen LogP contribution is -2.52. The first kappa shape index (κ1) is 13.0. The van der Waals surface area contributed by atoms with Crippen LogP contribution in [0.5, 0.6) is 11.5 Å². The summed E-state index contributed by atoms with van der Waals surface area (Å²) in [6, 6.07) is 5.67. The second-order valence-corrected chi connectivity index (χ2v) is 5.29. The molecule has 1 aromatic rings. The summed E-state index contributed by atoms with van der Waals surface area (Å²) < 4.78 is 17.3. The maximum atomic E-state index is 6.04. The van der Waals surface area contributed by atoms with Gasteiger partial charge in [-0.15, -0.1) is 11.6 Å². The third-order valence-corrected chi connectivity index (χ3v) is 3.92. The van der Waals surface area contributed by atoms with E-state index in [1.165, 1.54) is 0 Å². The SMILES string of the molecule is COc1cccc(Br)c1OC1CC(Cl)C1OC. The zero-order chi connectivity index (χ0) is 12.4. The summed E-state index contributed by atoms with van der Waals surface area (Å²) in [6.45, 7) is 0. The van der Waals surface area contributed by atoms with Crippen LogP contribution in [0, 0.1) is 0 Å². The van der Waals surface area contributed by atoms with Gasteiger partial charge in [0.1, 0.15) is 12.2 Å². The van der Waals surface area contributed by atoms with Crippen molar-refractivity contribution in [3.8, 4) is 11.5 Å². The molecular formula is C12H14BrClO3. The van der Waals surface area contributed by atoms with E-state index in [4.69, 9.17) is 25.8 Å². The fourth-order valence-electron chi connectivity index (χ4n) is 1.86. The average molecular weight is 322 g/mol. The molecule has 1 saturated carbocycles. The van der Waals surface area contributed by atoms with Gasteiger partial charge in [0.25, 0.3) is 0 Å². The lowest BCUT2D eigenvalue weighted by molar-refractivity contribution is -0.0593. The topological polar surface area (TPSA) is 27.7 Å². The minimum absolute atomic E-state index is 0.0184. The summed E-state index contributed by atoms with van der Waals surface area (Å²) in [5, 5.41) is 0.0264. The number of alkyl halides is 1. The van der Waals surface area contributed by atoms with Gasteiger partial charge in [0.05, 0.1) is 17.0 Å². The van der Waals surface area contributed by atoms with E-state index in [9.17, 15) is 0 Å². The van der Waals surface area contributed by atoms with Gasteiger partial charge in [0.2, 0.25) is 0 Å². The molecule has 5 heteroatoms. The largest absolute Gasteiger partial charge is 0.493 e. The predicted octanol–water partition coefficient (Wildman–Crippen LogP) is 3.23. The first-order valence-corrected chi connectivity index (χ1v) is 6.56. The summed E-state index contributed by atoms with van der Waals surface area (Å²) in [5.74, 6) is 1.40. The molecule has 3 nitrogen and oxygen atoms in total. The van der Waals surface area contributed by atoms with E-state index in [0.29, 0.717) is 11.5 Å². The normalized spacial score (nSPS) is 27.4. The van der Waals surface area contributed by atoms with E-state index in [-0.39, 0.29) is 17.6 Å². The molecule has 3 unspecified atom stereocenters. The fourth-order valence-corrected chi connectivity index (χ4v) is 2.74. The van der Waals surface area contributed by atoms with Gasteiger partial charge in [-0.2, -0.15) is 0 Å². The third-order valence-electron chi connectivity index (χ3n) is 2.87. The molecule has 3 atom stereocenters. The maximum absolute atomic E-state index is 6.04. The second-order valence-electron chi connectivity index (χ2n) is 3.88. The van der Waals surface area contributed by atoms with Crippen molar-refractivity contribution >= 4 is 27.5 Å². The predicted molar refractivity (Wildman–Crippen MR) is 70.2 cm³/mol. The van der Waals surface area contributed by atoms with Crippen LogP contribution in [0.2, 0.25) is 0 Å². The van der Waals surface area contributed by atoms with Gasteiger partial charge in [-0.3, -0.25) is 0 Å². The van der Waals surface area contributed by atoms with E-state index >= 15 is 0 Å². The monoisotopic (exact) mass is 320 g/mol. The van der Waals surface area contributed by atoms with Crippen molar-refractivity contribution < 1.29 is 14.2 Å². The molecule has 0 spiro atoms. The number of hydrogen-bond acceptors (Lipinski definition) is 3. The Morgan fingerprint density at radius 2 is 2.12 bits per heavy atom. The Kier molecular flexibility index (Phi) is 4.17. The van der Waals surface area contributed by atoms with Crippen LogP contribution in [0.3, 0.4) is 0 Å². The number of ether oxygens (including phenoxy) is 3. The van der Waals surface area contributed by atoms with Crippen molar-refractivity contribution in [3.63, 3.8) is 0 Å². The van der Waals surface area contributed by atoms with Crippen LogP contribution in [-0.2, 0) is 4.74 Å². The summed E-state index contributed by atoms with van der Waals surface area (Å²) in [5.41, 5.74) is 0. The molecule has 2 rings (SSSR count). The van der Waals surface area contributed by atoms with Crippen molar-refractivity contribution in [3.05, 3.63) is 22.7 Å². The van der Waals surface area contributed by atoms with Gasteiger partial charge < -0.3 is 14.2 Å². The molecule has 1 aliphatic carbocycles. The first-order valence-electron chi connectivity index (χ1n) is 5.33. The number of hydrogen-bond donors (Lipinski definition) is 0. The Morgan fingerprint density at radius 3 is 2.71 bits per heavy atom. The van der Waals surface area contributed by atoms with E-state index in [1.807, 2.05) is 18.2 Å². The molecule has 0 radical (unpaired) electrons. The van der Waals surface area contributed by atoms with Gasteiger partial charge in [0.15, 0.2) is 11.5 Å². The quantitative estimate of drug-likeness (QED) is 0.797. The van der Waals surface area contributed by atoms with Crippen LogP contribution >= 0.6 is 27.5 Å². The molecular weight excluding hydrogens is 307 g/mol. The van der Waals surface area contributed by atoms with Crippen molar-refractivity contribution in [2.75, 3.05) is 14.2 Å². The van der Waals surface area contributed by atoms with Gasteiger partial charge in [0, 0.05) is 13.5 Å². The molecule has 0 bridgehead atoms. The second kappa shape index (κ2) is 5.46. The summed E-state index contributed by atoms with van der Waals surface area (Å²) in [4.78, 5) is 0. The molecule has 1 fully saturated rings. The Labute approximate surface area is 114 Å². The number of para-hydroxylation sites is 1. The first-order chi connectivity index (χ1) is 8.17. The van der Waals surface area contributed by atoms with E-state index in [0.717, 1.165) is 10.9 Å². The fraction of sp³-hybridized carbons (Fsp3) is 0.500. The molecule has 0 aliphatic heterocycles. The number of rotatable bonds is 4. The zero-order valence-electron chi connectivity index (χ0n) is 9.65. The van der Waals surface area contributed by atoms with Crippen LogP contribution in [0.1, 0.15) is 6.42 Å². The number of methoxy groups -OCH3 is 2. The Balaban J connectivity index is 2.14. The van der Waals surface area contributed by atoms with Crippen LogP contribution in [-0.4, -0.2) is 31.8 Å². The van der Waals surface area contributed by atoms with Crippen molar-refractivity contribution in [1.29, 1.82) is 0 Å². The van der Waals surface area contributed by atoms with Crippen LogP contribution < -0.4 is 9.47 Å². The molecule has 0 N–H and O–H groups in total. The zero-order valence-corrected chi connectivity index (χ0v) is 12.0. The summed E-state index contributed by atoms with van der Waals surface area (Å²) in [7, 11) is 3.26. The van der Waals surface area contributed by atoms with Gasteiger partial charge in [-0.1, -0.05) is 6.07 Å². The summed E-state index contributed by atoms with van der Waals surface area (Å²) >= 11 is 9.49. The van der Waals surface area contributed by atoms with Crippen molar-refractivity contribution in [2.45, 2.75) is 24.0 Å². The molecule has 1 aromatic carbocycles. The number of halogens is 2. The number of benzene rings is 1. The Morgan fingerprint density at radius 1 is 1.35 bits per heavy atom. The lowest BCUT2D eigenvalue weighted by Gasteiger charge is -2.40. The smallest absolute Gasteiger partial charge is 0.175 e. The highest BCUT2D eigenvalue weighted by atomic mass is 79.9. The molecule has 0 aromatic heterocycles. The highest BCUT2D eigenvalue weighted by molar-refractivity contribution is 9.10. The van der Waals surface area contributed by atoms with E-state index in [2.05, 4.69) is 15.9 Å². The van der Waals surface area contributed by atoms with Crippen LogP contribution in [0.25, 0.3) is 0 Å². The Hall–Kier alpha value is -0.450. The minimum Gasteiger partial charge on any atom is -0.493 e. The molecule has 0 saturated heterocycles. The van der Waals surface area contributed by atoms with Crippen LogP contribution in [0.4, 0.5) is 0 Å². The van der Waals surface area contributed by atoms with Crippen molar-refractivity contribution in [1.82, 2.24) is 0 Å². The van der Waals surface area contributed by atoms with Crippen molar-refractivity contribution in [2.24, 2.45) is 0 Å². The van der Waals surface area contributed by atoms with Gasteiger partial charge >= 0.3 is 0 Å². The van der Waals surface area contributed by atoms with E-state index < -0.39 is 0 Å². The highest BCUT2D eigenvalue weighted by Gasteiger charge is 2.42. The lowest BCUT2D eigenvalue weighted by atomic mass is 9.91. The Bertz CT molecular complexity index is 399. The average Bonchev–Trinajstić information content (AvgIpc) is 2.30. The molecule has 17 heavy (non-hydrogen) atoms. The molecule has 94 valence electrons. The van der Waals surface area contributed by atoms with Crippen LogP contribution in [0.15, 0.2) is 22.7 Å². The molecule has 0 amide bonds. The standard InChI is InChI=1S/C12H14BrClO3/c1-15-9-5-3-4-7(13)11(9)17-10-6-8(14)12(10)16-2/h3-5,8,10,12H,6H2,1-2H3. The summed E-state index contributed by atoms with van der Waals surface area (Å²) in [6.07, 6.45) is 0.702. The minimum atomic E-state index is -0.0616. The van der Waals surface area contributed by atoms with E-state index in [1.54, 1.807) is 14.2 Å².